The smallest absolute Gasteiger partial charge is 0.484 e. The second-order valence-electron chi connectivity index (χ2n) is 6.30. The number of ether oxygens (including phenoxy) is 2. The van der Waals surface area contributed by atoms with Gasteiger partial charge >= 0.3 is 6.36 Å². The molecule has 0 aliphatic heterocycles. The summed E-state index contributed by atoms with van der Waals surface area (Å²) in [4.78, 5) is 27.1. The fourth-order valence-electron chi connectivity index (χ4n) is 2.25. The van der Waals surface area contributed by atoms with Crippen LogP contribution in [-0.2, 0) is 4.79 Å². The molecule has 0 fully saturated rings. The van der Waals surface area contributed by atoms with Crippen molar-refractivity contribution < 1.29 is 37.3 Å². The van der Waals surface area contributed by atoms with E-state index >= 15 is 0 Å². The Bertz CT molecular complexity index is 929. The van der Waals surface area contributed by atoms with Crippen molar-refractivity contribution in [3.05, 3.63) is 52.1 Å². The molecular weight excluding hydrogens is 478 g/mol. The summed E-state index contributed by atoms with van der Waals surface area (Å²) < 4.78 is 45.2. The third-order valence-corrected chi connectivity index (χ3v) is 4.52. The molecule has 13 heteroatoms. The predicted molar refractivity (Wildman–Crippen MR) is 109 cm³/mol. The first-order valence-corrected chi connectivity index (χ1v) is 9.81. The van der Waals surface area contributed by atoms with Crippen molar-refractivity contribution in [3.63, 3.8) is 0 Å². The summed E-state index contributed by atoms with van der Waals surface area (Å²) >= 11 is 11.6. The van der Waals surface area contributed by atoms with Gasteiger partial charge in [0.15, 0.2) is 6.61 Å². The van der Waals surface area contributed by atoms with Gasteiger partial charge in [-0.05, 0) is 24.6 Å². The summed E-state index contributed by atoms with van der Waals surface area (Å²) in [6.07, 6.45) is -4.79. The molecule has 32 heavy (non-hydrogen) atoms. The van der Waals surface area contributed by atoms with E-state index in [0.717, 1.165) is 18.3 Å². The third kappa shape index (κ3) is 9.16. The highest BCUT2D eigenvalue weighted by Crippen LogP contribution is 2.26. The molecule has 0 aliphatic rings. The van der Waals surface area contributed by atoms with E-state index < -0.39 is 30.2 Å². The van der Waals surface area contributed by atoms with Gasteiger partial charge in [0.1, 0.15) is 5.75 Å². The van der Waals surface area contributed by atoms with Crippen molar-refractivity contribution in [1.82, 2.24) is 15.6 Å². The fourth-order valence-corrected chi connectivity index (χ4v) is 2.54. The van der Waals surface area contributed by atoms with Gasteiger partial charge in [0.25, 0.3) is 11.8 Å². The highest BCUT2D eigenvalue weighted by atomic mass is 35.5. The van der Waals surface area contributed by atoms with Gasteiger partial charge < -0.3 is 25.2 Å². The summed E-state index contributed by atoms with van der Waals surface area (Å²) in [7, 11) is 0. The highest BCUT2D eigenvalue weighted by molar-refractivity contribution is 6.42. The van der Waals surface area contributed by atoms with Crippen molar-refractivity contribution in [2.24, 2.45) is 0 Å². The first-order chi connectivity index (χ1) is 15.0. The number of amides is 2. The van der Waals surface area contributed by atoms with Crippen molar-refractivity contribution in [2.75, 3.05) is 19.7 Å². The minimum atomic E-state index is -4.88. The van der Waals surface area contributed by atoms with E-state index in [1.807, 2.05) is 0 Å². The van der Waals surface area contributed by atoms with E-state index in [-0.39, 0.29) is 36.7 Å². The van der Waals surface area contributed by atoms with Crippen LogP contribution in [0.1, 0.15) is 16.8 Å². The summed E-state index contributed by atoms with van der Waals surface area (Å²) in [6, 6.07) is 6.56. The number of pyridine rings is 1. The molecule has 2 rings (SSSR count). The van der Waals surface area contributed by atoms with E-state index in [2.05, 4.69) is 20.4 Å². The summed E-state index contributed by atoms with van der Waals surface area (Å²) in [5, 5.41) is 15.5. The number of benzene rings is 1. The number of aromatic nitrogens is 1. The van der Waals surface area contributed by atoms with E-state index in [9.17, 15) is 27.9 Å². The van der Waals surface area contributed by atoms with Crippen LogP contribution in [0.15, 0.2) is 36.5 Å². The molecule has 3 N–H and O–H groups in total. The number of rotatable bonds is 10. The molecular formula is C19H18Cl2F3N3O5. The topological polar surface area (TPSA) is 110 Å². The van der Waals surface area contributed by atoms with Crippen LogP contribution in [0.4, 0.5) is 13.2 Å². The van der Waals surface area contributed by atoms with Gasteiger partial charge in [0.2, 0.25) is 5.88 Å². The van der Waals surface area contributed by atoms with Crippen molar-refractivity contribution in [3.8, 4) is 11.6 Å². The SMILES string of the molecule is O=C(COc1ccc(Cl)c(Cl)c1)NC[C@@H](O)CCNC(=O)c1ccc(OC(F)(F)F)nc1. The number of aliphatic hydroxyl groups excluding tert-OH is 1. The zero-order valence-corrected chi connectivity index (χ0v) is 17.8. The number of halogens is 5. The molecule has 2 amide bonds. The molecule has 0 bridgehead atoms. The van der Waals surface area contributed by atoms with Gasteiger partial charge in [-0.3, -0.25) is 9.59 Å². The Morgan fingerprint density at radius 3 is 2.50 bits per heavy atom. The summed E-state index contributed by atoms with van der Waals surface area (Å²) in [6.45, 7) is -0.330. The van der Waals surface area contributed by atoms with Gasteiger partial charge in [-0.15, -0.1) is 13.2 Å². The molecule has 0 radical (unpaired) electrons. The van der Waals surface area contributed by atoms with Crippen molar-refractivity contribution in [1.29, 1.82) is 0 Å². The van der Waals surface area contributed by atoms with Gasteiger partial charge in [-0.25, -0.2) is 4.98 Å². The lowest BCUT2D eigenvalue weighted by Crippen LogP contribution is -2.37. The predicted octanol–water partition coefficient (Wildman–Crippen LogP) is 2.96. The first kappa shape index (κ1) is 25.5. The van der Waals surface area contributed by atoms with Gasteiger partial charge in [-0.1, -0.05) is 23.2 Å². The zero-order valence-electron chi connectivity index (χ0n) is 16.3. The third-order valence-electron chi connectivity index (χ3n) is 3.78. The van der Waals surface area contributed by atoms with Gasteiger partial charge in [0.05, 0.1) is 21.7 Å². The lowest BCUT2D eigenvalue weighted by Gasteiger charge is -2.13. The molecule has 1 heterocycles. The van der Waals surface area contributed by atoms with Crippen LogP contribution < -0.4 is 20.1 Å². The lowest BCUT2D eigenvalue weighted by atomic mass is 10.2. The zero-order chi connectivity index (χ0) is 23.7. The molecule has 0 spiro atoms. The van der Waals surface area contributed by atoms with Crippen LogP contribution in [0.25, 0.3) is 0 Å². The van der Waals surface area contributed by atoms with Crippen LogP contribution in [-0.4, -0.2) is 54.1 Å². The number of aliphatic hydroxyl groups is 1. The molecule has 1 aromatic heterocycles. The highest BCUT2D eigenvalue weighted by Gasteiger charge is 2.31. The molecule has 0 unspecified atom stereocenters. The molecule has 1 aromatic carbocycles. The van der Waals surface area contributed by atoms with Crippen LogP contribution in [0, 0.1) is 0 Å². The van der Waals surface area contributed by atoms with Crippen molar-refractivity contribution in [2.45, 2.75) is 18.9 Å². The van der Waals surface area contributed by atoms with E-state index in [4.69, 9.17) is 27.9 Å². The Labute approximate surface area is 190 Å². The Hall–Kier alpha value is -2.76. The quantitative estimate of drug-likeness (QED) is 0.467. The Kier molecular flexibility index (Phi) is 9.36. The van der Waals surface area contributed by atoms with E-state index in [0.29, 0.717) is 10.8 Å². The number of hydrogen-bond acceptors (Lipinski definition) is 6. The second-order valence-corrected chi connectivity index (χ2v) is 7.11. The van der Waals surface area contributed by atoms with E-state index in [1.54, 1.807) is 6.07 Å². The molecule has 174 valence electrons. The Balaban J connectivity index is 1.65. The average molecular weight is 496 g/mol. The molecule has 8 nitrogen and oxygen atoms in total. The summed E-state index contributed by atoms with van der Waals surface area (Å²) in [5.41, 5.74) is 0.0155. The van der Waals surface area contributed by atoms with Crippen LogP contribution in [0.3, 0.4) is 0 Å². The molecule has 0 saturated heterocycles. The Morgan fingerprint density at radius 2 is 1.88 bits per heavy atom. The average Bonchev–Trinajstić information content (AvgIpc) is 2.72. The van der Waals surface area contributed by atoms with Crippen LogP contribution in [0.2, 0.25) is 10.0 Å². The Morgan fingerprint density at radius 1 is 1.12 bits per heavy atom. The van der Waals surface area contributed by atoms with Gasteiger partial charge in [0, 0.05) is 31.4 Å². The van der Waals surface area contributed by atoms with Crippen LogP contribution in [0.5, 0.6) is 11.6 Å². The number of carbonyl (C=O) groups excluding carboxylic acids is 2. The standard InChI is InChI=1S/C19H18Cl2F3N3O5/c20-14-3-2-13(7-15(14)21)31-10-16(29)26-9-12(28)5-6-25-18(30)11-1-4-17(27-8-11)32-19(22,23)24/h1-4,7-8,12,28H,5-6,9-10H2,(H,25,30)(H,26,29)/t12-/m0/s1. The minimum Gasteiger partial charge on any atom is -0.484 e. The number of alkyl halides is 3. The number of nitrogens with one attached hydrogen (secondary N) is 2. The number of nitrogens with zero attached hydrogens (tertiary/aromatic N) is 1. The van der Waals surface area contributed by atoms with Crippen molar-refractivity contribution >= 4 is 35.0 Å². The largest absolute Gasteiger partial charge is 0.574 e. The maximum Gasteiger partial charge on any atom is 0.574 e. The number of carbonyl (C=O) groups is 2. The van der Waals surface area contributed by atoms with Crippen LogP contribution >= 0.6 is 23.2 Å². The molecule has 1 atom stereocenters. The fraction of sp³-hybridized carbons (Fsp3) is 0.316. The molecule has 0 saturated carbocycles. The second kappa shape index (κ2) is 11.7. The number of hydrogen-bond donors (Lipinski definition) is 3. The maximum atomic E-state index is 12.1. The maximum absolute atomic E-state index is 12.1. The van der Waals surface area contributed by atoms with E-state index in [1.165, 1.54) is 12.1 Å². The normalized spacial score (nSPS) is 12.1. The molecule has 2 aromatic rings. The molecule has 0 aliphatic carbocycles. The lowest BCUT2D eigenvalue weighted by molar-refractivity contribution is -0.276. The first-order valence-electron chi connectivity index (χ1n) is 9.06. The van der Waals surface area contributed by atoms with Gasteiger partial charge in [-0.2, -0.15) is 0 Å². The minimum absolute atomic E-state index is 0.0155. The summed E-state index contributed by atoms with van der Waals surface area (Å²) in [5.74, 6) is -1.41. The monoisotopic (exact) mass is 495 g/mol.